The highest BCUT2D eigenvalue weighted by atomic mass is 35.5. The summed E-state index contributed by atoms with van der Waals surface area (Å²) in [6.07, 6.45) is 0. The van der Waals surface area contributed by atoms with E-state index in [1.54, 1.807) is 36.4 Å². The van der Waals surface area contributed by atoms with Crippen LogP contribution >= 0.6 is 11.6 Å². The van der Waals surface area contributed by atoms with Gasteiger partial charge >= 0.3 is 0 Å². The van der Waals surface area contributed by atoms with Gasteiger partial charge in [-0.25, -0.2) is 8.42 Å². The number of aryl methyl sites for hydroxylation is 1. The standard InChI is InChI=1S/C21H18ClN3O5S/c1-15-5-11-20(12-6-15)31(29,30)24(18-3-2-4-19(13-18)25(27)28)14-21(26)23-17-9-7-16(22)8-10-17/h2-13H,14H2,1H3,(H,23,26). The van der Waals surface area contributed by atoms with E-state index in [0.29, 0.717) is 10.7 Å². The molecule has 0 saturated carbocycles. The molecule has 0 aliphatic carbocycles. The third-order valence-electron chi connectivity index (χ3n) is 4.35. The van der Waals surface area contributed by atoms with Crippen LogP contribution in [0, 0.1) is 17.0 Å². The molecule has 0 atom stereocenters. The Morgan fingerprint density at radius 2 is 1.71 bits per heavy atom. The van der Waals surface area contributed by atoms with Crippen molar-refractivity contribution in [3.8, 4) is 0 Å². The number of hydrogen-bond acceptors (Lipinski definition) is 5. The first-order valence-corrected chi connectivity index (χ1v) is 10.9. The number of hydrogen-bond donors (Lipinski definition) is 1. The monoisotopic (exact) mass is 459 g/mol. The Labute approximate surface area is 184 Å². The molecule has 3 aromatic carbocycles. The lowest BCUT2D eigenvalue weighted by Gasteiger charge is -2.24. The van der Waals surface area contributed by atoms with Gasteiger partial charge in [0.25, 0.3) is 15.7 Å². The zero-order chi connectivity index (χ0) is 22.6. The predicted molar refractivity (Wildman–Crippen MR) is 119 cm³/mol. The first-order valence-electron chi connectivity index (χ1n) is 9.06. The number of nitro benzene ring substituents is 1. The van der Waals surface area contributed by atoms with Gasteiger partial charge in [-0.05, 0) is 49.4 Å². The van der Waals surface area contributed by atoms with Crippen LogP contribution in [0.15, 0.2) is 77.7 Å². The molecule has 0 aliphatic heterocycles. The van der Waals surface area contributed by atoms with Gasteiger partial charge in [0, 0.05) is 22.8 Å². The zero-order valence-electron chi connectivity index (χ0n) is 16.4. The molecule has 3 rings (SSSR count). The zero-order valence-corrected chi connectivity index (χ0v) is 17.9. The quantitative estimate of drug-likeness (QED) is 0.416. The summed E-state index contributed by atoms with van der Waals surface area (Å²) in [5, 5.41) is 14.3. The van der Waals surface area contributed by atoms with Crippen molar-refractivity contribution in [1.29, 1.82) is 0 Å². The van der Waals surface area contributed by atoms with E-state index in [4.69, 9.17) is 11.6 Å². The van der Waals surface area contributed by atoms with E-state index in [9.17, 15) is 23.3 Å². The number of sulfonamides is 1. The molecule has 0 heterocycles. The highest BCUT2D eigenvalue weighted by Gasteiger charge is 2.28. The van der Waals surface area contributed by atoms with Crippen molar-refractivity contribution in [3.63, 3.8) is 0 Å². The summed E-state index contributed by atoms with van der Waals surface area (Å²) in [7, 11) is -4.18. The number of rotatable bonds is 7. The van der Waals surface area contributed by atoms with E-state index in [0.717, 1.165) is 15.9 Å². The molecule has 8 nitrogen and oxygen atoms in total. The Balaban J connectivity index is 1.98. The summed E-state index contributed by atoms with van der Waals surface area (Å²) >= 11 is 5.84. The normalized spacial score (nSPS) is 11.0. The molecule has 0 saturated heterocycles. The number of halogens is 1. The molecule has 10 heteroatoms. The molecule has 0 spiro atoms. The topological polar surface area (TPSA) is 110 Å². The second kappa shape index (κ2) is 9.15. The fourth-order valence-electron chi connectivity index (χ4n) is 2.78. The summed E-state index contributed by atoms with van der Waals surface area (Å²) in [4.78, 5) is 23.2. The highest BCUT2D eigenvalue weighted by molar-refractivity contribution is 7.92. The van der Waals surface area contributed by atoms with Gasteiger partial charge in [-0.1, -0.05) is 35.4 Å². The molecule has 0 unspecified atom stereocenters. The van der Waals surface area contributed by atoms with Crippen LogP contribution in [0.3, 0.4) is 0 Å². The Bertz CT molecular complexity index is 1210. The van der Waals surface area contributed by atoms with E-state index in [1.807, 2.05) is 6.92 Å². The number of carbonyl (C=O) groups is 1. The van der Waals surface area contributed by atoms with Crippen molar-refractivity contribution in [1.82, 2.24) is 0 Å². The summed E-state index contributed by atoms with van der Waals surface area (Å²) in [5.74, 6) is -0.621. The number of amides is 1. The van der Waals surface area contributed by atoms with E-state index in [2.05, 4.69) is 5.32 Å². The van der Waals surface area contributed by atoms with Crippen LogP contribution in [0.2, 0.25) is 5.02 Å². The molecule has 0 aliphatic rings. The van der Waals surface area contributed by atoms with Gasteiger partial charge in [-0.2, -0.15) is 0 Å². The molecule has 1 N–H and O–H groups in total. The van der Waals surface area contributed by atoms with Crippen LogP contribution in [-0.4, -0.2) is 25.8 Å². The molecule has 0 radical (unpaired) electrons. The minimum absolute atomic E-state index is 0.000955. The van der Waals surface area contributed by atoms with E-state index in [1.165, 1.54) is 30.3 Å². The van der Waals surface area contributed by atoms with E-state index < -0.39 is 27.4 Å². The number of nitro groups is 1. The molecule has 0 fully saturated rings. The second-order valence-electron chi connectivity index (χ2n) is 6.66. The number of anilines is 2. The predicted octanol–water partition coefficient (Wildman–Crippen LogP) is 4.39. The molecule has 31 heavy (non-hydrogen) atoms. The first kappa shape index (κ1) is 22.3. The molecule has 0 aromatic heterocycles. The highest BCUT2D eigenvalue weighted by Crippen LogP contribution is 2.27. The van der Waals surface area contributed by atoms with Gasteiger partial charge < -0.3 is 5.32 Å². The van der Waals surface area contributed by atoms with Crippen LogP contribution in [0.1, 0.15) is 5.56 Å². The van der Waals surface area contributed by atoms with E-state index >= 15 is 0 Å². The van der Waals surface area contributed by atoms with Gasteiger partial charge in [0.15, 0.2) is 0 Å². The minimum Gasteiger partial charge on any atom is -0.325 e. The van der Waals surface area contributed by atoms with Gasteiger partial charge in [0.1, 0.15) is 6.54 Å². The third-order valence-corrected chi connectivity index (χ3v) is 6.39. The van der Waals surface area contributed by atoms with Crippen molar-refractivity contribution in [3.05, 3.63) is 93.5 Å². The van der Waals surface area contributed by atoms with Crippen LogP contribution in [0.4, 0.5) is 17.1 Å². The molecule has 1 amide bonds. The summed E-state index contributed by atoms with van der Waals surface area (Å²) in [6, 6.07) is 17.5. The SMILES string of the molecule is Cc1ccc(S(=O)(=O)N(CC(=O)Nc2ccc(Cl)cc2)c2cccc([N+](=O)[O-])c2)cc1. The van der Waals surface area contributed by atoms with Crippen LogP contribution in [0.5, 0.6) is 0 Å². The van der Waals surface area contributed by atoms with Gasteiger partial charge in [-0.3, -0.25) is 19.2 Å². The van der Waals surface area contributed by atoms with Crippen LogP contribution in [0.25, 0.3) is 0 Å². The number of benzene rings is 3. The summed E-state index contributed by atoms with van der Waals surface area (Å²) in [6.45, 7) is 1.23. The number of carbonyl (C=O) groups excluding carboxylic acids is 1. The average Bonchev–Trinajstić information content (AvgIpc) is 2.74. The van der Waals surface area contributed by atoms with Crippen molar-refractivity contribution >= 4 is 44.6 Å². The smallest absolute Gasteiger partial charge is 0.271 e. The maximum Gasteiger partial charge on any atom is 0.271 e. The molecule has 160 valence electrons. The molecule has 0 bridgehead atoms. The Hall–Kier alpha value is -3.43. The lowest BCUT2D eigenvalue weighted by atomic mass is 10.2. The summed E-state index contributed by atoms with van der Waals surface area (Å²) < 4.78 is 27.5. The van der Waals surface area contributed by atoms with Gasteiger partial charge in [0.05, 0.1) is 15.5 Å². The van der Waals surface area contributed by atoms with Crippen molar-refractivity contribution in [2.24, 2.45) is 0 Å². The van der Waals surface area contributed by atoms with Gasteiger partial charge in [-0.15, -0.1) is 0 Å². The lowest BCUT2D eigenvalue weighted by molar-refractivity contribution is -0.384. The lowest BCUT2D eigenvalue weighted by Crippen LogP contribution is -2.38. The van der Waals surface area contributed by atoms with Crippen molar-refractivity contribution in [2.75, 3.05) is 16.2 Å². The first-order chi connectivity index (χ1) is 14.7. The molecular formula is C21H18ClN3O5S. The average molecular weight is 460 g/mol. The largest absolute Gasteiger partial charge is 0.325 e. The maximum atomic E-state index is 13.3. The Morgan fingerprint density at radius 1 is 1.06 bits per heavy atom. The van der Waals surface area contributed by atoms with Crippen molar-refractivity contribution in [2.45, 2.75) is 11.8 Å². The van der Waals surface area contributed by atoms with E-state index in [-0.39, 0.29) is 16.3 Å². The van der Waals surface area contributed by atoms with Crippen LogP contribution < -0.4 is 9.62 Å². The number of non-ortho nitro benzene ring substituents is 1. The second-order valence-corrected chi connectivity index (χ2v) is 8.96. The van der Waals surface area contributed by atoms with Crippen LogP contribution in [-0.2, 0) is 14.8 Å². The Morgan fingerprint density at radius 3 is 2.32 bits per heavy atom. The fourth-order valence-corrected chi connectivity index (χ4v) is 4.32. The Kier molecular flexibility index (Phi) is 6.57. The van der Waals surface area contributed by atoms with Crippen molar-refractivity contribution < 1.29 is 18.1 Å². The summed E-state index contributed by atoms with van der Waals surface area (Å²) in [5.41, 5.74) is 1.00. The maximum absolute atomic E-state index is 13.3. The number of nitrogens with one attached hydrogen (secondary N) is 1. The minimum atomic E-state index is -4.18. The fraction of sp³-hybridized carbons (Fsp3) is 0.0952. The number of nitrogens with zero attached hydrogens (tertiary/aromatic N) is 2. The molecular weight excluding hydrogens is 442 g/mol. The molecule has 3 aromatic rings. The van der Waals surface area contributed by atoms with Gasteiger partial charge in [0.2, 0.25) is 5.91 Å². The third kappa shape index (κ3) is 5.39.